The minimum absolute atomic E-state index is 0.00514. The first-order valence-electron chi connectivity index (χ1n) is 8.87. The van der Waals surface area contributed by atoms with Crippen molar-refractivity contribution < 1.29 is 23.1 Å². The molecule has 2 N–H and O–H groups in total. The minimum atomic E-state index is -3.95. The van der Waals surface area contributed by atoms with E-state index in [4.69, 9.17) is 9.84 Å². The minimum Gasteiger partial charge on any atom is -0.492 e. The van der Waals surface area contributed by atoms with Crippen molar-refractivity contribution in [1.82, 2.24) is 0 Å². The molecular weight excluding hydrogens is 366 g/mol. The number of benzene rings is 2. The van der Waals surface area contributed by atoms with Crippen molar-refractivity contribution in [3.05, 3.63) is 53.6 Å². The molecule has 0 unspecified atom stereocenters. The second-order valence-electron chi connectivity index (χ2n) is 6.55. The van der Waals surface area contributed by atoms with Crippen LogP contribution in [0.1, 0.15) is 55.5 Å². The highest BCUT2D eigenvalue weighted by Crippen LogP contribution is 2.30. The van der Waals surface area contributed by atoms with Gasteiger partial charge in [-0.3, -0.25) is 4.72 Å². The third-order valence-corrected chi connectivity index (χ3v) is 5.44. The van der Waals surface area contributed by atoms with Gasteiger partial charge in [0.2, 0.25) is 0 Å². The summed E-state index contributed by atoms with van der Waals surface area (Å²) in [6, 6.07) is 10.8. The zero-order valence-electron chi connectivity index (χ0n) is 15.7. The van der Waals surface area contributed by atoms with Crippen LogP contribution in [-0.4, -0.2) is 26.1 Å². The first kappa shape index (κ1) is 20.8. The Balaban J connectivity index is 2.41. The van der Waals surface area contributed by atoms with Gasteiger partial charge in [0.25, 0.3) is 10.0 Å². The van der Waals surface area contributed by atoms with Crippen molar-refractivity contribution in [2.75, 3.05) is 11.3 Å². The van der Waals surface area contributed by atoms with E-state index in [1.807, 2.05) is 26.8 Å². The molecule has 0 amide bonds. The second kappa shape index (κ2) is 8.90. The molecule has 0 fully saturated rings. The highest BCUT2D eigenvalue weighted by molar-refractivity contribution is 7.92. The SMILES string of the molecule is CCCCOc1ccc(C(C)C)cc1S(=O)(=O)Nc1cccc(C(=O)O)c1. The third kappa shape index (κ3) is 5.47. The first-order valence-corrected chi connectivity index (χ1v) is 10.4. The van der Waals surface area contributed by atoms with E-state index in [1.54, 1.807) is 12.1 Å². The van der Waals surface area contributed by atoms with Crippen LogP contribution in [0.15, 0.2) is 47.4 Å². The summed E-state index contributed by atoms with van der Waals surface area (Å²) in [5.41, 5.74) is 1.06. The molecule has 0 spiro atoms. The number of ether oxygens (including phenoxy) is 1. The van der Waals surface area contributed by atoms with Gasteiger partial charge < -0.3 is 9.84 Å². The molecule has 0 aliphatic heterocycles. The normalized spacial score (nSPS) is 11.4. The van der Waals surface area contributed by atoms with Crippen LogP contribution in [0.2, 0.25) is 0 Å². The van der Waals surface area contributed by atoms with Crippen molar-refractivity contribution in [1.29, 1.82) is 0 Å². The topological polar surface area (TPSA) is 92.7 Å². The molecule has 0 saturated heterocycles. The summed E-state index contributed by atoms with van der Waals surface area (Å²) in [5.74, 6) is -0.685. The standard InChI is InChI=1S/C20H25NO5S/c1-4-5-11-26-18-10-9-15(14(2)3)13-19(18)27(24,25)21-17-8-6-7-16(12-17)20(22)23/h6-10,12-14,21H,4-5,11H2,1-3H3,(H,22,23). The largest absolute Gasteiger partial charge is 0.492 e. The lowest BCUT2D eigenvalue weighted by atomic mass is 10.0. The number of sulfonamides is 1. The summed E-state index contributed by atoms with van der Waals surface area (Å²) in [6.45, 7) is 6.41. The van der Waals surface area contributed by atoms with Crippen LogP contribution >= 0.6 is 0 Å². The molecule has 0 aliphatic carbocycles. The fraction of sp³-hybridized carbons (Fsp3) is 0.350. The summed E-state index contributed by atoms with van der Waals surface area (Å²) in [6.07, 6.45) is 1.76. The van der Waals surface area contributed by atoms with Crippen molar-refractivity contribution in [2.24, 2.45) is 0 Å². The van der Waals surface area contributed by atoms with E-state index < -0.39 is 16.0 Å². The number of nitrogens with one attached hydrogen (secondary N) is 1. The molecule has 27 heavy (non-hydrogen) atoms. The lowest BCUT2D eigenvalue weighted by molar-refractivity contribution is 0.0697. The smallest absolute Gasteiger partial charge is 0.335 e. The van der Waals surface area contributed by atoms with Gasteiger partial charge in [0, 0.05) is 5.69 Å². The summed E-state index contributed by atoms with van der Waals surface area (Å²) in [7, 11) is -3.95. The Morgan fingerprint density at radius 3 is 2.56 bits per heavy atom. The highest BCUT2D eigenvalue weighted by atomic mass is 32.2. The number of carboxylic acid groups (broad SMARTS) is 1. The van der Waals surface area contributed by atoms with Crippen LogP contribution in [0.25, 0.3) is 0 Å². The average Bonchev–Trinajstić information content (AvgIpc) is 2.61. The summed E-state index contributed by atoms with van der Waals surface area (Å²) in [5, 5.41) is 9.09. The number of hydrogen-bond donors (Lipinski definition) is 2. The van der Waals surface area contributed by atoms with Crippen molar-refractivity contribution in [3.63, 3.8) is 0 Å². The molecule has 6 nitrogen and oxygen atoms in total. The van der Waals surface area contributed by atoms with Gasteiger partial charge in [-0.25, -0.2) is 13.2 Å². The Hall–Kier alpha value is -2.54. The van der Waals surface area contributed by atoms with Crippen molar-refractivity contribution >= 4 is 21.7 Å². The van der Waals surface area contributed by atoms with Crippen molar-refractivity contribution in [2.45, 2.75) is 44.4 Å². The molecule has 146 valence electrons. The molecule has 0 atom stereocenters. The molecule has 7 heteroatoms. The van der Waals surface area contributed by atoms with Gasteiger partial charge in [0.1, 0.15) is 10.6 Å². The Labute approximate surface area is 160 Å². The Morgan fingerprint density at radius 2 is 1.93 bits per heavy atom. The molecule has 2 rings (SSSR count). The lowest BCUT2D eigenvalue weighted by Crippen LogP contribution is -2.15. The molecule has 0 heterocycles. The van der Waals surface area contributed by atoms with Gasteiger partial charge >= 0.3 is 5.97 Å². The van der Waals surface area contributed by atoms with Crippen LogP contribution in [0.5, 0.6) is 5.75 Å². The molecule has 0 aliphatic rings. The Kier molecular flexibility index (Phi) is 6.85. The van der Waals surface area contributed by atoms with Gasteiger partial charge in [0.05, 0.1) is 12.2 Å². The predicted octanol–water partition coefficient (Wildman–Crippen LogP) is 4.49. The van der Waals surface area contributed by atoms with E-state index in [0.29, 0.717) is 6.61 Å². The van der Waals surface area contributed by atoms with Crippen LogP contribution in [0.4, 0.5) is 5.69 Å². The maximum atomic E-state index is 13.0. The predicted molar refractivity (Wildman–Crippen MR) is 105 cm³/mol. The second-order valence-corrected chi connectivity index (χ2v) is 8.21. The molecule has 2 aromatic rings. The zero-order valence-corrected chi connectivity index (χ0v) is 16.5. The van der Waals surface area contributed by atoms with E-state index in [0.717, 1.165) is 18.4 Å². The number of rotatable bonds is 9. The van der Waals surface area contributed by atoms with Crippen LogP contribution in [0.3, 0.4) is 0 Å². The summed E-state index contributed by atoms with van der Waals surface area (Å²) in [4.78, 5) is 11.2. The maximum Gasteiger partial charge on any atom is 0.335 e. The Bertz CT molecular complexity index is 906. The number of anilines is 1. The number of aromatic carboxylic acids is 1. The molecule has 0 radical (unpaired) electrons. The molecule has 0 bridgehead atoms. The van der Waals surface area contributed by atoms with E-state index in [-0.39, 0.29) is 27.8 Å². The number of unbranched alkanes of at least 4 members (excludes halogenated alkanes) is 1. The zero-order chi connectivity index (χ0) is 20.0. The first-order chi connectivity index (χ1) is 12.7. The quantitative estimate of drug-likeness (QED) is 0.615. The van der Waals surface area contributed by atoms with E-state index >= 15 is 0 Å². The number of carbonyl (C=O) groups is 1. The Morgan fingerprint density at radius 1 is 1.19 bits per heavy atom. The molecular formula is C20H25NO5S. The van der Waals surface area contributed by atoms with Crippen LogP contribution < -0.4 is 9.46 Å². The van der Waals surface area contributed by atoms with Crippen molar-refractivity contribution in [3.8, 4) is 5.75 Å². The van der Waals surface area contributed by atoms with Gasteiger partial charge in [-0.2, -0.15) is 0 Å². The average molecular weight is 391 g/mol. The monoisotopic (exact) mass is 391 g/mol. The fourth-order valence-corrected chi connectivity index (χ4v) is 3.70. The van der Waals surface area contributed by atoms with Crippen LogP contribution in [0, 0.1) is 0 Å². The van der Waals surface area contributed by atoms with Crippen LogP contribution in [-0.2, 0) is 10.0 Å². The van der Waals surface area contributed by atoms with Gasteiger partial charge in [-0.05, 0) is 48.2 Å². The van der Waals surface area contributed by atoms with E-state index in [9.17, 15) is 13.2 Å². The lowest BCUT2D eigenvalue weighted by Gasteiger charge is -2.16. The van der Waals surface area contributed by atoms with E-state index in [2.05, 4.69) is 4.72 Å². The molecule has 2 aromatic carbocycles. The molecule has 0 saturated carbocycles. The van der Waals surface area contributed by atoms with Gasteiger partial charge in [-0.1, -0.05) is 39.3 Å². The van der Waals surface area contributed by atoms with Gasteiger partial charge in [0.15, 0.2) is 0 Å². The van der Waals surface area contributed by atoms with Gasteiger partial charge in [-0.15, -0.1) is 0 Å². The van der Waals surface area contributed by atoms with E-state index in [1.165, 1.54) is 24.3 Å². The highest BCUT2D eigenvalue weighted by Gasteiger charge is 2.22. The summed E-state index contributed by atoms with van der Waals surface area (Å²) >= 11 is 0. The fourth-order valence-electron chi connectivity index (χ4n) is 2.47. The summed E-state index contributed by atoms with van der Waals surface area (Å²) < 4.78 is 34.1. The number of hydrogen-bond acceptors (Lipinski definition) is 4. The third-order valence-electron chi connectivity index (χ3n) is 4.04. The number of carboxylic acids is 1. The molecule has 0 aromatic heterocycles. The maximum absolute atomic E-state index is 13.0.